The quantitative estimate of drug-likeness (QED) is 0.280. The van der Waals surface area contributed by atoms with Gasteiger partial charge in [0.2, 0.25) is 0 Å². The van der Waals surface area contributed by atoms with E-state index >= 15 is 0 Å². The molecule has 1 saturated heterocycles. The minimum atomic E-state index is -0.0401. The summed E-state index contributed by atoms with van der Waals surface area (Å²) >= 11 is 0. The predicted octanol–water partition coefficient (Wildman–Crippen LogP) is 5.70. The zero-order valence-corrected chi connectivity index (χ0v) is 14.9. The molecule has 0 amide bonds. The van der Waals surface area contributed by atoms with Gasteiger partial charge in [-0.1, -0.05) is 50.5 Å². The van der Waals surface area contributed by atoms with E-state index in [9.17, 15) is 0 Å². The van der Waals surface area contributed by atoms with E-state index < -0.39 is 0 Å². The van der Waals surface area contributed by atoms with Gasteiger partial charge in [0.05, 0.1) is 6.61 Å². The van der Waals surface area contributed by atoms with Crippen molar-refractivity contribution in [3.05, 3.63) is 42.0 Å². The maximum atomic E-state index is 5.75. The first-order valence-electron chi connectivity index (χ1n) is 9.22. The Morgan fingerprint density at radius 2 is 1.74 bits per heavy atom. The first kappa shape index (κ1) is 18.1. The number of epoxide rings is 1. The molecule has 1 aromatic rings. The Kier molecular flexibility index (Phi) is 7.67. The standard InChI is InChI=1S/C21H32O2/c1-3-4-5-6-7-8-9-10-11-12-19-13-15-20(16-14-19)22-17-21(2)18-23-21/h8-9,13-16H,3-7,10-12,17-18H2,1-2H3/b9-8+. The summed E-state index contributed by atoms with van der Waals surface area (Å²) in [6.45, 7) is 5.81. The van der Waals surface area contributed by atoms with Crippen LogP contribution >= 0.6 is 0 Å². The van der Waals surface area contributed by atoms with Gasteiger partial charge < -0.3 is 9.47 Å². The Morgan fingerprint density at radius 1 is 1.04 bits per heavy atom. The Morgan fingerprint density at radius 3 is 2.39 bits per heavy atom. The Balaban J connectivity index is 1.54. The molecule has 2 heteroatoms. The Labute approximate surface area is 141 Å². The molecule has 1 aliphatic rings. The van der Waals surface area contributed by atoms with Crippen LogP contribution in [0, 0.1) is 0 Å². The Bertz CT molecular complexity index is 457. The van der Waals surface area contributed by atoms with E-state index in [2.05, 4.69) is 50.3 Å². The smallest absolute Gasteiger partial charge is 0.123 e. The van der Waals surface area contributed by atoms with Crippen LogP contribution in [0.2, 0.25) is 0 Å². The van der Waals surface area contributed by atoms with Crippen LogP contribution in [0.15, 0.2) is 36.4 Å². The van der Waals surface area contributed by atoms with Crippen LogP contribution in [-0.2, 0) is 11.2 Å². The van der Waals surface area contributed by atoms with Crippen molar-refractivity contribution in [3.8, 4) is 5.75 Å². The molecule has 128 valence electrons. The second-order valence-electron chi connectivity index (χ2n) is 6.88. The Hall–Kier alpha value is -1.28. The van der Waals surface area contributed by atoms with E-state index in [1.54, 1.807) is 0 Å². The largest absolute Gasteiger partial charge is 0.491 e. The van der Waals surface area contributed by atoms with Crippen molar-refractivity contribution in [1.82, 2.24) is 0 Å². The highest BCUT2D eigenvalue weighted by atomic mass is 16.6. The summed E-state index contributed by atoms with van der Waals surface area (Å²) in [4.78, 5) is 0. The lowest BCUT2D eigenvalue weighted by atomic mass is 10.1. The zero-order chi connectivity index (χ0) is 16.4. The van der Waals surface area contributed by atoms with Crippen molar-refractivity contribution in [3.63, 3.8) is 0 Å². The highest BCUT2D eigenvalue weighted by Gasteiger charge is 2.40. The van der Waals surface area contributed by atoms with E-state index in [1.807, 2.05) is 0 Å². The summed E-state index contributed by atoms with van der Waals surface area (Å²) in [5, 5.41) is 0. The monoisotopic (exact) mass is 316 g/mol. The van der Waals surface area contributed by atoms with Gasteiger partial charge in [0.1, 0.15) is 18.0 Å². The molecular formula is C21H32O2. The molecule has 2 rings (SSSR count). The topological polar surface area (TPSA) is 21.8 Å². The molecule has 1 aromatic carbocycles. The fourth-order valence-electron chi connectivity index (χ4n) is 2.54. The molecule has 23 heavy (non-hydrogen) atoms. The summed E-state index contributed by atoms with van der Waals surface area (Å²) in [5.41, 5.74) is 1.35. The second kappa shape index (κ2) is 9.77. The van der Waals surface area contributed by atoms with Crippen molar-refractivity contribution >= 4 is 0 Å². The average molecular weight is 316 g/mol. The van der Waals surface area contributed by atoms with Gasteiger partial charge in [0.25, 0.3) is 0 Å². The van der Waals surface area contributed by atoms with Gasteiger partial charge in [0.15, 0.2) is 0 Å². The molecule has 0 aliphatic carbocycles. The summed E-state index contributed by atoms with van der Waals surface area (Å²) in [5.74, 6) is 0.942. The number of hydrogen-bond acceptors (Lipinski definition) is 2. The third kappa shape index (κ3) is 7.69. The number of rotatable bonds is 12. The van der Waals surface area contributed by atoms with Gasteiger partial charge in [-0.2, -0.15) is 0 Å². The van der Waals surface area contributed by atoms with Gasteiger partial charge in [-0.05, 0) is 56.7 Å². The van der Waals surface area contributed by atoms with Crippen molar-refractivity contribution in [2.75, 3.05) is 13.2 Å². The van der Waals surface area contributed by atoms with E-state index in [0.717, 1.165) is 18.8 Å². The molecule has 1 heterocycles. The van der Waals surface area contributed by atoms with Crippen molar-refractivity contribution in [2.24, 2.45) is 0 Å². The molecular weight excluding hydrogens is 284 g/mol. The number of hydrogen-bond donors (Lipinski definition) is 0. The maximum absolute atomic E-state index is 5.75. The van der Waals surface area contributed by atoms with E-state index in [-0.39, 0.29) is 5.60 Å². The summed E-state index contributed by atoms with van der Waals surface area (Å²) in [7, 11) is 0. The highest BCUT2D eigenvalue weighted by Crippen LogP contribution is 2.27. The SMILES string of the molecule is CCCCCC/C=C/CCCc1ccc(OCC2(C)CO2)cc1. The second-order valence-corrected chi connectivity index (χ2v) is 6.88. The fourth-order valence-corrected chi connectivity index (χ4v) is 2.54. The zero-order valence-electron chi connectivity index (χ0n) is 14.9. The third-order valence-corrected chi connectivity index (χ3v) is 4.33. The van der Waals surface area contributed by atoms with Crippen LogP contribution in [-0.4, -0.2) is 18.8 Å². The number of allylic oxidation sites excluding steroid dienone is 2. The minimum Gasteiger partial charge on any atom is -0.491 e. The van der Waals surface area contributed by atoms with Crippen molar-refractivity contribution < 1.29 is 9.47 Å². The van der Waals surface area contributed by atoms with Crippen LogP contribution in [0.5, 0.6) is 5.75 Å². The van der Waals surface area contributed by atoms with E-state index in [4.69, 9.17) is 9.47 Å². The molecule has 2 nitrogen and oxygen atoms in total. The van der Waals surface area contributed by atoms with Crippen molar-refractivity contribution in [1.29, 1.82) is 0 Å². The average Bonchev–Trinajstić information content (AvgIpc) is 3.30. The normalized spacial score (nSPS) is 20.1. The molecule has 0 radical (unpaired) electrons. The molecule has 0 saturated carbocycles. The predicted molar refractivity (Wildman–Crippen MR) is 97.1 cm³/mol. The highest BCUT2D eigenvalue weighted by molar-refractivity contribution is 5.27. The molecule has 1 fully saturated rings. The molecule has 1 aliphatic heterocycles. The molecule has 0 N–H and O–H groups in total. The van der Waals surface area contributed by atoms with Crippen LogP contribution < -0.4 is 4.74 Å². The number of unbranched alkanes of at least 4 members (excludes halogenated alkanes) is 5. The van der Waals surface area contributed by atoms with E-state index in [1.165, 1.54) is 50.5 Å². The molecule has 0 bridgehead atoms. The summed E-state index contributed by atoms with van der Waals surface area (Å²) < 4.78 is 11.1. The van der Waals surface area contributed by atoms with Crippen LogP contribution in [0.25, 0.3) is 0 Å². The first-order valence-corrected chi connectivity index (χ1v) is 9.22. The van der Waals surface area contributed by atoms with Gasteiger partial charge >= 0.3 is 0 Å². The van der Waals surface area contributed by atoms with Gasteiger partial charge in [-0.25, -0.2) is 0 Å². The minimum absolute atomic E-state index is 0.0401. The number of ether oxygens (including phenoxy) is 2. The molecule has 0 spiro atoms. The molecule has 1 unspecified atom stereocenters. The van der Waals surface area contributed by atoms with Crippen LogP contribution in [0.3, 0.4) is 0 Å². The fraction of sp³-hybridized carbons (Fsp3) is 0.619. The van der Waals surface area contributed by atoms with Crippen LogP contribution in [0.1, 0.15) is 64.4 Å². The lowest BCUT2D eigenvalue weighted by molar-refractivity contribution is 0.202. The third-order valence-electron chi connectivity index (χ3n) is 4.33. The summed E-state index contributed by atoms with van der Waals surface area (Å²) in [6.07, 6.45) is 14.9. The molecule has 1 atom stereocenters. The number of benzene rings is 1. The molecule has 0 aromatic heterocycles. The van der Waals surface area contributed by atoms with Crippen molar-refractivity contribution in [2.45, 2.75) is 70.8 Å². The lowest BCUT2D eigenvalue weighted by Gasteiger charge is -2.09. The van der Waals surface area contributed by atoms with E-state index in [0.29, 0.717) is 6.61 Å². The van der Waals surface area contributed by atoms with Gasteiger partial charge in [-0.15, -0.1) is 0 Å². The maximum Gasteiger partial charge on any atom is 0.123 e. The van der Waals surface area contributed by atoms with Gasteiger partial charge in [-0.3, -0.25) is 0 Å². The summed E-state index contributed by atoms with van der Waals surface area (Å²) in [6, 6.07) is 8.51. The number of aryl methyl sites for hydroxylation is 1. The van der Waals surface area contributed by atoms with Gasteiger partial charge in [0, 0.05) is 0 Å². The van der Waals surface area contributed by atoms with Crippen LogP contribution in [0.4, 0.5) is 0 Å². The lowest BCUT2D eigenvalue weighted by Crippen LogP contribution is -2.16. The first-order chi connectivity index (χ1) is 11.2.